The zero-order chi connectivity index (χ0) is 36.4. The van der Waals surface area contributed by atoms with Crippen LogP contribution in [0.3, 0.4) is 0 Å². The quantitative estimate of drug-likeness (QED) is 0.210. The van der Waals surface area contributed by atoms with Crippen molar-refractivity contribution in [3.05, 3.63) is 40.4 Å². The summed E-state index contributed by atoms with van der Waals surface area (Å²) in [5, 5.41) is 23.7. The molecule has 4 aromatic rings. The van der Waals surface area contributed by atoms with Gasteiger partial charge in [-0.15, -0.1) is 11.3 Å². The van der Waals surface area contributed by atoms with Gasteiger partial charge in [0.1, 0.15) is 40.4 Å². The summed E-state index contributed by atoms with van der Waals surface area (Å²) in [4.78, 5) is 28.6. The van der Waals surface area contributed by atoms with Crippen molar-refractivity contribution < 1.29 is 28.2 Å². The van der Waals surface area contributed by atoms with Crippen LogP contribution in [0.1, 0.15) is 52.0 Å². The summed E-state index contributed by atoms with van der Waals surface area (Å²) >= 11 is 7.79. The number of piperazine rings is 1. The summed E-state index contributed by atoms with van der Waals surface area (Å²) in [6.45, 7) is 7.24. The Morgan fingerprint density at radius 3 is 2.57 bits per heavy atom. The van der Waals surface area contributed by atoms with Crippen LogP contribution in [0.15, 0.2) is 18.2 Å². The Kier molecular flexibility index (Phi) is 9.25. The number of nitriles is 1. The molecule has 3 saturated heterocycles. The lowest BCUT2D eigenvalue weighted by molar-refractivity contribution is 0.0363. The Hall–Kier alpha value is -3.87. The Morgan fingerprint density at radius 1 is 1.22 bits per heavy atom. The molecule has 11 nitrogen and oxygen atoms in total. The lowest BCUT2D eigenvalue weighted by Crippen LogP contribution is -2.52. The largest absolute Gasteiger partial charge is 0.461 e. The highest BCUT2D eigenvalue weighted by atomic mass is 35.5. The SMILES string of the molecule is CN1C2CCC1CN(c1nc(OC[C@]3(CO)CCCN3C)nc3c(F)c(-c4ccc(F)c5sc(NC(=O)OC(C)(C)C)c(C#N)c45)c(Cl)cc13)C2. The van der Waals surface area contributed by atoms with E-state index in [9.17, 15) is 15.2 Å². The highest BCUT2D eigenvalue weighted by Crippen LogP contribution is 2.47. The first kappa shape index (κ1) is 35.5. The number of carbonyl (C=O) groups is 1. The fourth-order valence-corrected chi connectivity index (χ4v) is 9.03. The average molecular weight is 740 g/mol. The molecule has 3 aliphatic rings. The number of thiophene rings is 1. The number of hydrogen-bond donors (Lipinski definition) is 2. The molecule has 0 radical (unpaired) electrons. The summed E-state index contributed by atoms with van der Waals surface area (Å²) in [5.74, 6) is -0.946. The lowest BCUT2D eigenvalue weighted by atomic mass is 9.97. The minimum Gasteiger partial charge on any atom is -0.461 e. The standard InChI is InChI=1S/C36H40ClF2N7O4S/c1-35(2,3)50-34(48)43-32-23(14-40)26-21(9-10-25(38)30(26)51-32)27-24(37)13-22-29(28(27)39)41-33(49-18-36(17-47)11-6-12-44(36)4)42-31(22)46-15-19-7-8-20(16-46)45(19)5/h9-10,13,19-20,47H,6-8,11-12,15-18H2,1-5H3,(H,43,48)/t19?,20?,36-/m1/s1. The molecule has 3 fully saturated rings. The van der Waals surface area contributed by atoms with Crippen LogP contribution in [0.5, 0.6) is 6.01 Å². The van der Waals surface area contributed by atoms with E-state index >= 15 is 8.78 Å². The zero-order valence-corrected chi connectivity index (χ0v) is 30.7. The first-order valence-corrected chi connectivity index (χ1v) is 18.2. The van der Waals surface area contributed by atoms with Crippen molar-refractivity contribution in [2.75, 3.05) is 57.2 Å². The van der Waals surface area contributed by atoms with Crippen molar-refractivity contribution in [1.82, 2.24) is 19.8 Å². The number of likely N-dealkylation sites (tertiary alicyclic amines) is 1. The van der Waals surface area contributed by atoms with Crippen LogP contribution in [0.4, 0.5) is 24.4 Å². The Bertz CT molecular complexity index is 2070. The number of rotatable bonds is 7. The van der Waals surface area contributed by atoms with Gasteiger partial charge in [-0.2, -0.15) is 15.2 Å². The van der Waals surface area contributed by atoms with Gasteiger partial charge in [0.2, 0.25) is 0 Å². The van der Waals surface area contributed by atoms with Crippen LogP contribution in [-0.2, 0) is 4.74 Å². The Labute approximate surface area is 303 Å². The van der Waals surface area contributed by atoms with Gasteiger partial charge >= 0.3 is 12.1 Å². The van der Waals surface area contributed by atoms with E-state index in [1.165, 1.54) is 12.1 Å². The van der Waals surface area contributed by atoms with Crippen molar-refractivity contribution in [2.24, 2.45) is 0 Å². The molecule has 0 spiro atoms. The van der Waals surface area contributed by atoms with Crippen LogP contribution in [-0.4, -0.2) is 101 Å². The van der Waals surface area contributed by atoms with Gasteiger partial charge in [0.05, 0.1) is 27.4 Å². The molecule has 3 atom stereocenters. The molecule has 2 aromatic carbocycles. The highest BCUT2D eigenvalue weighted by Gasteiger charge is 2.41. The summed E-state index contributed by atoms with van der Waals surface area (Å²) < 4.78 is 44.2. The molecule has 2 aromatic heterocycles. The van der Waals surface area contributed by atoms with E-state index in [0.717, 1.165) is 43.6 Å². The molecule has 2 N–H and O–H groups in total. The van der Waals surface area contributed by atoms with Gasteiger partial charge in [-0.05, 0) is 84.8 Å². The van der Waals surface area contributed by atoms with Crippen molar-refractivity contribution >= 4 is 60.8 Å². The number of amides is 1. The number of aliphatic hydroxyl groups is 1. The molecule has 0 aliphatic carbocycles. The third-order valence-corrected chi connectivity index (χ3v) is 11.9. The first-order chi connectivity index (χ1) is 24.2. The summed E-state index contributed by atoms with van der Waals surface area (Å²) in [5.41, 5.74) is -1.45. The number of fused-ring (bicyclic) bond motifs is 4. The van der Waals surface area contributed by atoms with Gasteiger partial charge in [0, 0.05) is 41.5 Å². The predicted octanol–water partition coefficient (Wildman–Crippen LogP) is 6.78. The molecule has 270 valence electrons. The van der Waals surface area contributed by atoms with Crippen molar-refractivity contribution in [3.8, 4) is 23.2 Å². The van der Waals surface area contributed by atoms with Gasteiger partial charge in [0.15, 0.2) is 5.82 Å². The van der Waals surface area contributed by atoms with Crippen LogP contribution < -0.4 is 15.0 Å². The number of nitrogens with zero attached hydrogens (tertiary/aromatic N) is 6. The molecule has 2 unspecified atom stereocenters. The molecule has 2 bridgehead atoms. The lowest BCUT2D eigenvalue weighted by Gasteiger charge is -2.40. The number of nitrogens with one attached hydrogen (secondary N) is 1. The van der Waals surface area contributed by atoms with Crippen molar-refractivity contribution in [2.45, 2.75) is 69.7 Å². The minimum absolute atomic E-state index is 0.0204. The molecule has 3 aliphatic heterocycles. The number of halogens is 3. The molecule has 5 heterocycles. The summed E-state index contributed by atoms with van der Waals surface area (Å²) in [6, 6.07) is 6.80. The first-order valence-electron chi connectivity index (χ1n) is 17.0. The topological polar surface area (TPSA) is 127 Å². The monoisotopic (exact) mass is 739 g/mol. The second kappa shape index (κ2) is 13.3. The summed E-state index contributed by atoms with van der Waals surface area (Å²) in [7, 11) is 4.06. The number of aromatic nitrogens is 2. The van der Waals surface area contributed by atoms with E-state index in [4.69, 9.17) is 26.1 Å². The number of carbonyl (C=O) groups excluding carboxylic acids is 1. The summed E-state index contributed by atoms with van der Waals surface area (Å²) in [6.07, 6.45) is 2.90. The Morgan fingerprint density at radius 2 is 1.94 bits per heavy atom. The van der Waals surface area contributed by atoms with Crippen LogP contribution in [0, 0.1) is 23.0 Å². The van der Waals surface area contributed by atoms with Crippen molar-refractivity contribution in [3.63, 3.8) is 0 Å². The molecule has 51 heavy (non-hydrogen) atoms. The molecule has 15 heteroatoms. The predicted molar refractivity (Wildman–Crippen MR) is 194 cm³/mol. The number of aliphatic hydroxyl groups excluding tert-OH is 1. The zero-order valence-electron chi connectivity index (χ0n) is 29.1. The van der Waals surface area contributed by atoms with E-state index in [2.05, 4.69) is 38.1 Å². The second-order valence-corrected chi connectivity index (χ2v) is 16.2. The number of likely N-dealkylation sites (N-methyl/N-ethyl adjacent to an activating group) is 2. The minimum atomic E-state index is -0.816. The maximum absolute atomic E-state index is 17.2. The maximum atomic E-state index is 17.2. The van der Waals surface area contributed by atoms with E-state index in [-0.39, 0.29) is 61.5 Å². The van der Waals surface area contributed by atoms with Gasteiger partial charge in [-0.3, -0.25) is 15.1 Å². The second-order valence-electron chi connectivity index (χ2n) is 14.8. The third kappa shape index (κ3) is 6.33. The number of anilines is 2. The molecule has 0 saturated carbocycles. The van der Waals surface area contributed by atoms with Gasteiger partial charge < -0.3 is 19.5 Å². The van der Waals surface area contributed by atoms with Gasteiger partial charge in [0.25, 0.3) is 0 Å². The van der Waals surface area contributed by atoms with Crippen LogP contribution in [0.2, 0.25) is 5.02 Å². The molecule has 1 amide bonds. The van der Waals surface area contributed by atoms with Crippen molar-refractivity contribution in [1.29, 1.82) is 5.26 Å². The van der Waals surface area contributed by atoms with Crippen LogP contribution >= 0.6 is 22.9 Å². The molecular formula is C36H40ClF2N7O4S. The van der Waals surface area contributed by atoms with Crippen LogP contribution in [0.25, 0.3) is 32.1 Å². The fraction of sp³-hybridized carbons (Fsp3) is 0.500. The molecular weight excluding hydrogens is 700 g/mol. The number of ether oxygens (including phenoxy) is 2. The number of benzene rings is 2. The van der Waals surface area contributed by atoms with E-state index in [1.54, 1.807) is 26.8 Å². The Balaban J connectivity index is 1.38. The van der Waals surface area contributed by atoms with Gasteiger partial charge in [-0.1, -0.05) is 17.7 Å². The maximum Gasteiger partial charge on any atom is 0.412 e. The highest BCUT2D eigenvalue weighted by molar-refractivity contribution is 7.23. The van der Waals surface area contributed by atoms with Gasteiger partial charge in [-0.25, -0.2) is 13.6 Å². The van der Waals surface area contributed by atoms with E-state index in [1.807, 2.05) is 7.05 Å². The molecule has 7 rings (SSSR count). The van der Waals surface area contributed by atoms with E-state index < -0.39 is 28.9 Å². The fourth-order valence-electron chi connectivity index (χ4n) is 7.67. The average Bonchev–Trinajstić information content (AvgIpc) is 3.68. The third-order valence-electron chi connectivity index (χ3n) is 10.5. The smallest absolute Gasteiger partial charge is 0.412 e. The number of hydrogen-bond acceptors (Lipinski definition) is 11. The normalized spacial score (nSPS) is 22.5. The van der Waals surface area contributed by atoms with E-state index in [0.29, 0.717) is 36.4 Å².